The van der Waals surface area contributed by atoms with Crippen molar-refractivity contribution < 1.29 is 4.84 Å². The molecule has 0 heterocycles. The van der Waals surface area contributed by atoms with Crippen LogP contribution in [0.15, 0.2) is 29.4 Å². The molecule has 0 spiro atoms. The van der Waals surface area contributed by atoms with Gasteiger partial charge in [0.15, 0.2) is 5.71 Å². The van der Waals surface area contributed by atoms with Crippen LogP contribution in [-0.2, 0) is 4.84 Å². The van der Waals surface area contributed by atoms with Gasteiger partial charge in [0.05, 0.1) is 0 Å². The van der Waals surface area contributed by atoms with Gasteiger partial charge in [0.25, 0.3) is 0 Å². The molecule has 0 fully saturated rings. The third kappa shape index (κ3) is 2.09. The van der Waals surface area contributed by atoms with Crippen molar-refractivity contribution >= 4 is 5.71 Å². The molecule has 0 bridgehead atoms. The number of nitrogens with zero attached hydrogens (tertiary/aromatic N) is 3. The topological polar surface area (TPSA) is 69.2 Å². The van der Waals surface area contributed by atoms with Gasteiger partial charge in [0, 0.05) is 5.56 Å². The van der Waals surface area contributed by atoms with E-state index in [9.17, 15) is 0 Å². The van der Waals surface area contributed by atoms with Gasteiger partial charge in [-0.05, 0) is 12.5 Å². The average Bonchev–Trinajstić information content (AvgIpc) is 2.21. The lowest BCUT2D eigenvalue weighted by Crippen LogP contribution is -2.00. The van der Waals surface area contributed by atoms with Gasteiger partial charge in [-0.2, -0.15) is 5.26 Å². The fourth-order valence-corrected chi connectivity index (χ4v) is 1.03. The minimum absolute atomic E-state index is 0.102. The van der Waals surface area contributed by atoms with E-state index in [-0.39, 0.29) is 5.71 Å². The molecule has 68 valence electrons. The van der Waals surface area contributed by atoms with Crippen molar-refractivity contribution in [2.75, 3.05) is 0 Å². The van der Waals surface area contributed by atoms with Crippen LogP contribution in [0.1, 0.15) is 11.1 Å². The molecule has 1 rings (SSSR count). The van der Waals surface area contributed by atoms with E-state index in [0.717, 1.165) is 5.56 Å². The van der Waals surface area contributed by atoms with E-state index < -0.39 is 0 Å². The lowest BCUT2D eigenvalue weighted by molar-refractivity contribution is 0.292. The maximum absolute atomic E-state index is 8.76. The summed E-state index contributed by atoms with van der Waals surface area (Å²) in [6, 6.07) is 9.13. The number of oxime groups is 1. The largest absolute Gasteiger partial charge is 0.316 e. The summed E-state index contributed by atoms with van der Waals surface area (Å²) in [4.78, 5) is 4.17. The second kappa shape index (κ2) is 4.64. The van der Waals surface area contributed by atoms with E-state index in [0.29, 0.717) is 5.56 Å². The molecule has 0 aliphatic heterocycles. The first-order chi connectivity index (χ1) is 6.79. The third-order valence-electron chi connectivity index (χ3n) is 1.68. The Hall–Kier alpha value is -2.33. The zero-order valence-electron chi connectivity index (χ0n) is 7.56. The molecule has 0 aliphatic rings. The molecule has 4 nitrogen and oxygen atoms in total. The van der Waals surface area contributed by atoms with E-state index in [1.54, 1.807) is 12.1 Å². The van der Waals surface area contributed by atoms with Crippen LogP contribution in [0.4, 0.5) is 0 Å². The van der Waals surface area contributed by atoms with Crippen molar-refractivity contribution in [2.24, 2.45) is 5.16 Å². The summed E-state index contributed by atoms with van der Waals surface area (Å²) >= 11 is 0. The summed E-state index contributed by atoms with van der Waals surface area (Å²) in [6.45, 7) is 1.86. The van der Waals surface area contributed by atoms with Crippen LogP contribution in [-0.4, -0.2) is 5.71 Å². The highest BCUT2D eigenvalue weighted by molar-refractivity contribution is 6.12. The van der Waals surface area contributed by atoms with Gasteiger partial charge < -0.3 is 0 Å². The molecular formula is C10H7N3O. The molecule has 0 aromatic heterocycles. The number of nitriles is 2. The molecule has 0 unspecified atom stereocenters. The van der Waals surface area contributed by atoms with Crippen LogP contribution in [0.5, 0.6) is 0 Å². The lowest BCUT2D eigenvalue weighted by atomic mass is 10.1. The number of rotatable bonds is 2. The third-order valence-corrected chi connectivity index (χ3v) is 1.68. The summed E-state index contributed by atoms with van der Waals surface area (Å²) in [6.07, 6.45) is 1.38. The molecule has 1 aromatic carbocycles. The smallest absolute Gasteiger partial charge is 0.274 e. The molecule has 0 radical (unpaired) electrons. The first-order valence-electron chi connectivity index (χ1n) is 3.88. The highest BCUT2D eigenvalue weighted by Gasteiger charge is 2.05. The van der Waals surface area contributed by atoms with Crippen LogP contribution in [0.3, 0.4) is 0 Å². The quantitative estimate of drug-likeness (QED) is 0.400. The van der Waals surface area contributed by atoms with Crippen molar-refractivity contribution in [1.82, 2.24) is 0 Å². The van der Waals surface area contributed by atoms with Gasteiger partial charge in [0.1, 0.15) is 6.07 Å². The predicted octanol–water partition coefficient (Wildman–Crippen LogP) is 1.72. The molecule has 0 atom stereocenters. The first-order valence-corrected chi connectivity index (χ1v) is 3.88. The second-order valence-electron chi connectivity index (χ2n) is 2.55. The van der Waals surface area contributed by atoms with Crippen LogP contribution < -0.4 is 0 Å². The Labute approximate surface area is 81.6 Å². The van der Waals surface area contributed by atoms with Crippen LogP contribution >= 0.6 is 0 Å². The van der Waals surface area contributed by atoms with Crippen LogP contribution in [0, 0.1) is 29.8 Å². The van der Waals surface area contributed by atoms with Gasteiger partial charge in [0.2, 0.25) is 0 Å². The molecule has 0 saturated carbocycles. The zero-order valence-corrected chi connectivity index (χ0v) is 7.56. The second-order valence-corrected chi connectivity index (χ2v) is 2.55. The van der Waals surface area contributed by atoms with E-state index >= 15 is 0 Å². The monoisotopic (exact) mass is 185 g/mol. The van der Waals surface area contributed by atoms with Gasteiger partial charge in [-0.25, -0.2) is 0 Å². The summed E-state index contributed by atoms with van der Waals surface area (Å²) < 4.78 is 0. The summed E-state index contributed by atoms with van der Waals surface area (Å²) in [5.74, 6) is 0. The number of hydrogen-bond acceptors (Lipinski definition) is 4. The first kappa shape index (κ1) is 9.76. The van der Waals surface area contributed by atoms with Crippen molar-refractivity contribution in [3.05, 3.63) is 35.4 Å². The number of hydrogen-bond donors (Lipinski definition) is 0. The van der Waals surface area contributed by atoms with Gasteiger partial charge in [-0.15, -0.1) is 5.26 Å². The summed E-state index contributed by atoms with van der Waals surface area (Å²) in [5, 5.41) is 20.3. The maximum Gasteiger partial charge on any atom is 0.316 e. The molecule has 14 heavy (non-hydrogen) atoms. The highest BCUT2D eigenvalue weighted by Crippen LogP contribution is 2.08. The molecule has 1 aromatic rings. The van der Waals surface area contributed by atoms with E-state index in [1.807, 2.05) is 25.1 Å². The van der Waals surface area contributed by atoms with E-state index in [4.69, 9.17) is 10.5 Å². The molecule has 4 heteroatoms. The van der Waals surface area contributed by atoms with Crippen molar-refractivity contribution in [2.45, 2.75) is 6.92 Å². The van der Waals surface area contributed by atoms with Crippen molar-refractivity contribution in [3.8, 4) is 12.3 Å². The normalized spacial score (nSPS) is 10.1. The summed E-state index contributed by atoms with van der Waals surface area (Å²) in [7, 11) is 0. The molecule has 0 saturated heterocycles. The lowest BCUT2D eigenvalue weighted by Gasteiger charge is -1.99. The maximum atomic E-state index is 8.76. The number of benzene rings is 1. The van der Waals surface area contributed by atoms with E-state index in [2.05, 4.69) is 9.99 Å². The fraction of sp³-hybridized carbons (Fsp3) is 0.100. The van der Waals surface area contributed by atoms with Gasteiger partial charge >= 0.3 is 6.26 Å². The zero-order chi connectivity index (χ0) is 10.4. The molecular weight excluding hydrogens is 178 g/mol. The SMILES string of the molecule is Cc1ccccc1C(C#N)=NOC#N. The van der Waals surface area contributed by atoms with E-state index in [1.165, 1.54) is 6.26 Å². The summed E-state index contributed by atoms with van der Waals surface area (Å²) in [5.41, 5.74) is 1.68. The average molecular weight is 185 g/mol. The molecule has 0 aliphatic carbocycles. The standard InChI is InChI=1S/C10H7N3O/c1-8-4-2-3-5-9(8)10(6-11)13-14-7-12/h2-5H,1H3. The van der Waals surface area contributed by atoms with Crippen molar-refractivity contribution in [3.63, 3.8) is 0 Å². The fourth-order valence-electron chi connectivity index (χ4n) is 1.03. The minimum Gasteiger partial charge on any atom is -0.274 e. The Bertz CT molecular complexity index is 437. The Morgan fingerprint density at radius 2 is 2.07 bits per heavy atom. The Balaban J connectivity index is 3.10. The Morgan fingerprint density at radius 3 is 2.64 bits per heavy atom. The Kier molecular flexibility index (Phi) is 3.23. The van der Waals surface area contributed by atoms with Crippen molar-refractivity contribution in [1.29, 1.82) is 10.5 Å². The number of aryl methyl sites for hydroxylation is 1. The Morgan fingerprint density at radius 1 is 1.36 bits per heavy atom. The van der Waals surface area contributed by atoms with Crippen LogP contribution in [0.2, 0.25) is 0 Å². The minimum atomic E-state index is 0.102. The van der Waals surface area contributed by atoms with Gasteiger partial charge in [-0.1, -0.05) is 29.4 Å². The molecule has 0 N–H and O–H groups in total. The predicted molar refractivity (Wildman–Crippen MR) is 50.0 cm³/mol. The van der Waals surface area contributed by atoms with Crippen LogP contribution in [0.25, 0.3) is 0 Å². The molecule has 0 amide bonds. The highest BCUT2D eigenvalue weighted by atomic mass is 16.6. The van der Waals surface area contributed by atoms with Gasteiger partial charge in [-0.3, -0.25) is 4.84 Å².